The molecule has 1 unspecified atom stereocenters. The molecule has 1 aliphatic rings. The van der Waals surface area contributed by atoms with Gasteiger partial charge >= 0.3 is 7.82 Å². The highest BCUT2D eigenvalue weighted by Gasteiger charge is 2.20. The molecule has 1 saturated heterocycles. The van der Waals surface area contributed by atoms with Gasteiger partial charge in [0.1, 0.15) is 11.3 Å². The average molecular weight is 428 g/mol. The molecular weight excluding hydrogens is 403 g/mol. The Morgan fingerprint density at radius 2 is 1.80 bits per heavy atom. The third-order valence-corrected chi connectivity index (χ3v) is 5.25. The van der Waals surface area contributed by atoms with E-state index in [1.54, 1.807) is 0 Å². The molecule has 30 heavy (non-hydrogen) atoms. The molecule has 0 spiro atoms. The minimum atomic E-state index is -4.64. The third kappa shape index (κ3) is 6.27. The molecule has 0 amide bonds. The Bertz CT molecular complexity index is 1070. The molecule has 4 rings (SSSR count). The molecule has 0 saturated carbocycles. The van der Waals surface area contributed by atoms with E-state index in [-0.39, 0.29) is 0 Å². The first kappa shape index (κ1) is 22.2. The molecule has 1 aliphatic heterocycles. The van der Waals surface area contributed by atoms with Gasteiger partial charge in [-0.1, -0.05) is 18.2 Å². The van der Waals surface area contributed by atoms with E-state index < -0.39 is 7.82 Å². The average Bonchev–Trinajstić information content (AvgIpc) is 3.29. The summed E-state index contributed by atoms with van der Waals surface area (Å²) in [7, 11) is -4.64. The summed E-state index contributed by atoms with van der Waals surface area (Å²) in [5, 5.41) is 10.1. The first-order valence-corrected chi connectivity index (χ1v) is 11.3. The van der Waals surface area contributed by atoms with E-state index in [4.69, 9.17) is 28.9 Å². The number of hydrogen-bond acceptors (Lipinski definition) is 4. The van der Waals surface area contributed by atoms with Crippen LogP contribution < -0.4 is 0 Å². The minimum absolute atomic E-state index is 0.687. The predicted molar refractivity (Wildman–Crippen MR) is 115 cm³/mol. The number of hydrogen-bond donors (Lipinski definition) is 3. The number of furan rings is 1. The second-order valence-electron chi connectivity index (χ2n) is 7.44. The fraction of sp³-hybridized carbons (Fsp3) is 0.318. The van der Waals surface area contributed by atoms with E-state index in [1.807, 2.05) is 30.3 Å². The maximum absolute atomic E-state index is 8.92. The van der Waals surface area contributed by atoms with Gasteiger partial charge in [-0.05, 0) is 67.8 Å². The van der Waals surface area contributed by atoms with Crippen LogP contribution in [0.3, 0.4) is 0 Å². The van der Waals surface area contributed by atoms with Crippen LogP contribution in [-0.4, -0.2) is 38.7 Å². The van der Waals surface area contributed by atoms with Crippen molar-refractivity contribution >= 4 is 18.8 Å². The summed E-state index contributed by atoms with van der Waals surface area (Å²) in [6.07, 6.45) is 3.59. The molecule has 7 nitrogen and oxygen atoms in total. The zero-order chi connectivity index (χ0) is 21.7. The topological polar surface area (TPSA) is 118 Å². The number of nitriles is 1. The fourth-order valence-corrected chi connectivity index (χ4v) is 3.72. The lowest BCUT2D eigenvalue weighted by Crippen LogP contribution is -2.28. The van der Waals surface area contributed by atoms with E-state index in [9.17, 15) is 0 Å². The Balaban J connectivity index is 0.000000461. The van der Waals surface area contributed by atoms with E-state index in [2.05, 4.69) is 36.1 Å². The summed E-state index contributed by atoms with van der Waals surface area (Å²) in [6, 6.07) is 19.0. The highest BCUT2D eigenvalue weighted by atomic mass is 31.2. The molecule has 2 aromatic carbocycles. The fourth-order valence-electron chi connectivity index (χ4n) is 3.72. The van der Waals surface area contributed by atoms with Crippen molar-refractivity contribution in [3.8, 4) is 17.2 Å². The van der Waals surface area contributed by atoms with Gasteiger partial charge in [-0.15, -0.1) is 0 Å². The molecule has 1 atom stereocenters. The number of fused-ring (bicyclic) bond motifs is 1. The van der Waals surface area contributed by atoms with Gasteiger partial charge < -0.3 is 24.0 Å². The molecule has 1 fully saturated rings. The monoisotopic (exact) mass is 428 g/mol. The molecule has 2 heterocycles. The Morgan fingerprint density at radius 3 is 2.40 bits per heavy atom. The maximum Gasteiger partial charge on any atom is 0.466 e. The van der Waals surface area contributed by atoms with E-state index >= 15 is 0 Å². The summed E-state index contributed by atoms with van der Waals surface area (Å²) >= 11 is 0. The zero-order valence-electron chi connectivity index (χ0n) is 16.7. The van der Waals surface area contributed by atoms with Crippen LogP contribution in [-0.2, 0) is 11.0 Å². The minimum Gasteiger partial charge on any atom is -0.461 e. The summed E-state index contributed by atoms with van der Waals surface area (Å²) in [4.78, 5) is 24.1. The molecule has 0 radical (unpaired) electrons. The van der Waals surface area contributed by atoms with Gasteiger partial charge in [0.2, 0.25) is 0 Å². The molecule has 1 aromatic heterocycles. The Kier molecular flexibility index (Phi) is 7.09. The Hall–Kier alpha value is -2.46. The van der Waals surface area contributed by atoms with Crippen LogP contribution in [0.4, 0.5) is 0 Å². The lowest BCUT2D eigenvalue weighted by atomic mass is 10.0. The van der Waals surface area contributed by atoms with Crippen LogP contribution in [0.2, 0.25) is 0 Å². The van der Waals surface area contributed by atoms with E-state index in [0.29, 0.717) is 11.6 Å². The molecule has 158 valence electrons. The van der Waals surface area contributed by atoms with Crippen LogP contribution in [0, 0.1) is 11.3 Å². The van der Waals surface area contributed by atoms with Crippen LogP contribution in [0.25, 0.3) is 22.1 Å². The van der Waals surface area contributed by atoms with Crippen molar-refractivity contribution in [2.75, 3.05) is 13.1 Å². The predicted octanol–water partition coefficient (Wildman–Crippen LogP) is 4.07. The normalized spacial score (nSPS) is 16.8. The lowest BCUT2D eigenvalue weighted by molar-refractivity contribution is 0.266. The Morgan fingerprint density at radius 1 is 1.13 bits per heavy atom. The SMILES string of the molecule is CC1CCCN1CCc1cc2cc(-c3ccc(C#N)cc3)ccc2o1.O=P(O)(O)O. The number of phosphoric acid groups is 1. The largest absolute Gasteiger partial charge is 0.466 e. The van der Waals surface area contributed by atoms with Crippen molar-refractivity contribution < 1.29 is 23.7 Å². The van der Waals surface area contributed by atoms with Gasteiger partial charge in [-0.2, -0.15) is 5.26 Å². The van der Waals surface area contributed by atoms with Gasteiger partial charge in [0.25, 0.3) is 0 Å². The van der Waals surface area contributed by atoms with Crippen LogP contribution in [0.15, 0.2) is 52.9 Å². The third-order valence-electron chi connectivity index (χ3n) is 5.25. The van der Waals surface area contributed by atoms with E-state index in [1.165, 1.54) is 19.4 Å². The lowest BCUT2D eigenvalue weighted by Gasteiger charge is -2.19. The van der Waals surface area contributed by atoms with Gasteiger partial charge in [-0.25, -0.2) is 4.57 Å². The van der Waals surface area contributed by atoms with E-state index in [0.717, 1.165) is 40.8 Å². The summed E-state index contributed by atoms with van der Waals surface area (Å²) in [5.74, 6) is 1.06. The summed E-state index contributed by atoms with van der Waals surface area (Å²) < 4.78 is 14.9. The molecule has 0 bridgehead atoms. The van der Waals surface area contributed by atoms with Crippen molar-refractivity contribution in [1.82, 2.24) is 4.90 Å². The second kappa shape index (κ2) is 9.57. The molecule has 3 aromatic rings. The van der Waals surface area contributed by atoms with Crippen LogP contribution >= 0.6 is 7.82 Å². The van der Waals surface area contributed by atoms with Crippen molar-refractivity contribution in [3.05, 3.63) is 59.9 Å². The van der Waals surface area contributed by atoms with Crippen molar-refractivity contribution in [2.24, 2.45) is 0 Å². The Labute approximate surface area is 175 Å². The van der Waals surface area contributed by atoms with Crippen molar-refractivity contribution in [3.63, 3.8) is 0 Å². The first-order chi connectivity index (χ1) is 14.2. The van der Waals surface area contributed by atoms with Gasteiger partial charge in [-0.3, -0.25) is 0 Å². The van der Waals surface area contributed by atoms with Gasteiger partial charge in [0.15, 0.2) is 0 Å². The second-order valence-corrected chi connectivity index (χ2v) is 8.47. The molecule has 8 heteroatoms. The molecule has 3 N–H and O–H groups in total. The first-order valence-electron chi connectivity index (χ1n) is 9.78. The number of rotatable bonds is 4. The van der Waals surface area contributed by atoms with Crippen LogP contribution in [0.5, 0.6) is 0 Å². The quantitative estimate of drug-likeness (QED) is 0.536. The molecular formula is C22H25N2O5P. The van der Waals surface area contributed by atoms with Crippen LogP contribution in [0.1, 0.15) is 31.1 Å². The van der Waals surface area contributed by atoms with Gasteiger partial charge in [0.05, 0.1) is 11.6 Å². The van der Waals surface area contributed by atoms with Gasteiger partial charge in [0, 0.05) is 24.4 Å². The highest BCUT2D eigenvalue weighted by molar-refractivity contribution is 7.45. The molecule has 0 aliphatic carbocycles. The van der Waals surface area contributed by atoms with Crippen molar-refractivity contribution in [1.29, 1.82) is 5.26 Å². The number of benzene rings is 2. The number of likely N-dealkylation sites (tertiary alicyclic amines) is 1. The summed E-state index contributed by atoms with van der Waals surface area (Å²) in [6.45, 7) is 4.60. The number of nitrogens with zero attached hydrogens (tertiary/aromatic N) is 2. The smallest absolute Gasteiger partial charge is 0.461 e. The summed E-state index contributed by atoms with van der Waals surface area (Å²) in [5.41, 5.74) is 3.90. The zero-order valence-corrected chi connectivity index (χ0v) is 17.6. The van der Waals surface area contributed by atoms with Crippen molar-refractivity contribution in [2.45, 2.75) is 32.2 Å². The standard InChI is InChI=1S/C22H22N2O.H3O4P/c1-16-3-2-11-24(16)12-10-21-14-20-13-19(8-9-22(20)25-21)18-6-4-17(15-23)5-7-18;1-5(2,3)4/h4-9,13-14,16H,2-3,10-12H2,1H3;(H3,1,2,3,4). The highest BCUT2D eigenvalue weighted by Crippen LogP contribution is 2.28. The maximum atomic E-state index is 8.92.